The molecular weight excluding hydrogens is 374 g/mol. The maximum absolute atomic E-state index is 12.8. The van der Waals surface area contributed by atoms with Crippen LogP contribution in [0.5, 0.6) is 0 Å². The van der Waals surface area contributed by atoms with E-state index in [0.717, 1.165) is 42.5 Å². The van der Waals surface area contributed by atoms with Gasteiger partial charge in [0.05, 0.1) is 0 Å². The number of benzene rings is 1. The van der Waals surface area contributed by atoms with Gasteiger partial charge in [-0.15, -0.1) is 0 Å². The Morgan fingerprint density at radius 2 is 1.73 bits per heavy atom. The van der Waals surface area contributed by atoms with E-state index in [1.807, 2.05) is 42.2 Å². The lowest BCUT2D eigenvalue weighted by molar-refractivity contribution is 0.0746. The van der Waals surface area contributed by atoms with E-state index in [-0.39, 0.29) is 5.91 Å². The molecule has 1 aromatic carbocycles. The largest absolute Gasteiger partial charge is 0.353 e. The molecule has 160 valence electrons. The van der Waals surface area contributed by atoms with Gasteiger partial charge in [-0.05, 0) is 43.9 Å². The lowest BCUT2D eigenvalue weighted by atomic mass is 9.96. The Balaban J connectivity index is 1.37. The zero-order valence-corrected chi connectivity index (χ0v) is 18.2. The lowest BCUT2D eigenvalue weighted by Gasteiger charge is -2.35. The first-order valence-electron chi connectivity index (χ1n) is 11.4. The normalized spacial score (nSPS) is 17.8. The van der Waals surface area contributed by atoms with Crippen LogP contribution >= 0.6 is 0 Å². The summed E-state index contributed by atoms with van der Waals surface area (Å²) in [7, 11) is 0. The fourth-order valence-corrected chi connectivity index (χ4v) is 4.41. The van der Waals surface area contributed by atoms with E-state index in [1.54, 1.807) is 0 Å². The minimum absolute atomic E-state index is 0.121. The summed E-state index contributed by atoms with van der Waals surface area (Å²) in [4.78, 5) is 26.5. The molecule has 1 N–H and O–H groups in total. The summed E-state index contributed by atoms with van der Waals surface area (Å²) in [6.07, 6.45) is 7.30. The number of hydrogen-bond acceptors (Lipinski definition) is 5. The molecule has 0 unspecified atom stereocenters. The highest BCUT2D eigenvalue weighted by Gasteiger charge is 2.24. The highest BCUT2D eigenvalue weighted by Crippen LogP contribution is 2.22. The smallest absolute Gasteiger partial charge is 0.253 e. The Kier molecular flexibility index (Phi) is 6.50. The van der Waals surface area contributed by atoms with Crippen molar-refractivity contribution >= 4 is 17.7 Å². The maximum atomic E-state index is 12.8. The molecule has 2 aromatic rings. The van der Waals surface area contributed by atoms with Gasteiger partial charge in [0.15, 0.2) is 0 Å². The van der Waals surface area contributed by atoms with Crippen LogP contribution in [0.1, 0.15) is 60.6 Å². The Hall–Kier alpha value is -2.63. The number of nitrogens with zero attached hydrogens (tertiary/aromatic N) is 4. The van der Waals surface area contributed by atoms with E-state index in [1.165, 1.54) is 37.7 Å². The molecule has 1 saturated heterocycles. The first kappa shape index (κ1) is 20.6. The van der Waals surface area contributed by atoms with Crippen molar-refractivity contribution in [1.82, 2.24) is 14.9 Å². The summed E-state index contributed by atoms with van der Waals surface area (Å²) < 4.78 is 0. The van der Waals surface area contributed by atoms with Crippen molar-refractivity contribution in [3.05, 3.63) is 47.2 Å². The van der Waals surface area contributed by atoms with Crippen molar-refractivity contribution in [3.8, 4) is 0 Å². The van der Waals surface area contributed by atoms with Gasteiger partial charge in [-0.2, -0.15) is 4.98 Å². The first-order valence-corrected chi connectivity index (χ1v) is 11.4. The third kappa shape index (κ3) is 4.91. The van der Waals surface area contributed by atoms with E-state index < -0.39 is 0 Å². The molecule has 4 rings (SSSR count). The molecule has 1 aromatic heterocycles. The van der Waals surface area contributed by atoms with Gasteiger partial charge in [-0.25, -0.2) is 4.98 Å². The summed E-state index contributed by atoms with van der Waals surface area (Å²) >= 11 is 0. The van der Waals surface area contributed by atoms with Crippen LogP contribution in [0.4, 0.5) is 11.8 Å². The van der Waals surface area contributed by atoms with Crippen LogP contribution < -0.4 is 10.2 Å². The van der Waals surface area contributed by atoms with Crippen molar-refractivity contribution in [2.75, 3.05) is 36.4 Å². The van der Waals surface area contributed by atoms with Gasteiger partial charge < -0.3 is 15.1 Å². The van der Waals surface area contributed by atoms with Crippen LogP contribution in [0, 0.1) is 6.92 Å². The highest BCUT2D eigenvalue weighted by atomic mass is 16.2. The van der Waals surface area contributed by atoms with Crippen molar-refractivity contribution < 1.29 is 4.79 Å². The molecule has 0 bridgehead atoms. The fourth-order valence-electron chi connectivity index (χ4n) is 4.41. The fraction of sp³-hybridized carbons (Fsp3) is 0.542. The number of piperazine rings is 1. The van der Waals surface area contributed by atoms with E-state index >= 15 is 0 Å². The van der Waals surface area contributed by atoms with Crippen LogP contribution in [-0.2, 0) is 6.42 Å². The number of nitrogens with one attached hydrogen (secondary N) is 1. The third-order valence-electron chi connectivity index (χ3n) is 6.28. The Morgan fingerprint density at radius 1 is 1.03 bits per heavy atom. The average Bonchev–Trinajstić information content (AvgIpc) is 2.79. The molecule has 1 amide bonds. The SMILES string of the molecule is CCc1ccc(C(=O)N2CCN(c3cc(C)nc(NC4CCCCC4)n3)CC2)cc1. The van der Waals surface area contributed by atoms with Crippen LogP contribution in [0.15, 0.2) is 30.3 Å². The van der Waals surface area contributed by atoms with Gasteiger partial charge in [0, 0.05) is 49.5 Å². The average molecular weight is 408 g/mol. The number of anilines is 2. The minimum atomic E-state index is 0.121. The highest BCUT2D eigenvalue weighted by molar-refractivity contribution is 5.94. The maximum Gasteiger partial charge on any atom is 0.253 e. The lowest BCUT2D eigenvalue weighted by Crippen LogP contribution is -2.49. The zero-order chi connectivity index (χ0) is 20.9. The number of amides is 1. The molecular formula is C24H33N5O. The van der Waals surface area contributed by atoms with E-state index in [9.17, 15) is 4.79 Å². The standard InChI is InChI=1S/C24H33N5O/c1-3-19-9-11-20(12-10-19)23(30)29-15-13-28(14-16-29)22-17-18(2)25-24(27-22)26-21-7-5-4-6-8-21/h9-12,17,21H,3-8,13-16H2,1-2H3,(H,25,26,27). The molecule has 2 heterocycles. The summed E-state index contributed by atoms with van der Waals surface area (Å²) in [6, 6.07) is 10.5. The second kappa shape index (κ2) is 9.45. The number of carbonyl (C=O) groups is 1. The molecule has 2 fully saturated rings. The van der Waals surface area contributed by atoms with Crippen LogP contribution in [0.3, 0.4) is 0 Å². The van der Waals surface area contributed by atoms with Crippen molar-refractivity contribution in [2.24, 2.45) is 0 Å². The van der Waals surface area contributed by atoms with Crippen molar-refractivity contribution in [3.63, 3.8) is 0 Å². The minimum Gasteiger partial charge on any atom is -0.353 e. The van der Waals surface area contributed by atoms with E-state index in [2.05, 4.69) is 22.1 Å². The molecule has 0 atom stereocenters. The second-order valence-electron chi connectivity index (χ2n) is 8.50. The predicted molar refractivity (Wildman–Crippen MR) is 121 cm³/mol. The monoisotopic (exact) mass is 407 g/mol. The number of aryl methyl sites for hydroxylation is 2. The summed E-state index contributed by atoms with van der Waals surface area (Å²) in [6.45, 7) is 7.15. The van der Waals surface area contributed by atoms with Gasteiger partial charge in [0.25, 0.3) is 5.91 Å². The number of aromatic nitrogens is 2. The van der Waals surface area contributed by atoms with Crippen molar-refractivity contribution in [1.29, 1.82) is 0 Å². The van der Waals surface area contributed by atoms with Gasteiger partial charge >= 0.3 is 0 Å². The van der Waals surface area contributed by atoms with Crippen LogP contribution in [0.2, 0.25) is 0 Å². The Labute approximate surface area is 179 Å². The molecule has 6 heteroatoms. The van der Waals surface area contributed by atoms with E-state index in [0.29, 0.717) is 19.1 Å². The first-order chi connectivity index (χ1) is 14.6. The quantitative estimate of drug-likeness (QED) is 0.810. The summed E-state index contributed by atoms with van der Waals surface area (Å²) in [5.74, 6) is 1.82. The Bertz CT molecular complexity index is 852. The van der Waals surface area contributed by atoms with Gasteiger partial charge in [0.1, 0.15) is 5.82 Å². The van der Waals surface area contributed by atoms with Gasteiger partial charge in [-0.1, -0.05) is 38.3 Å². The summed E-state index contributed by atoms with van der Waals surface area (Å²) in [5, 5.41) is 3.55. The second-order valence-corrected chi connectivity index (χ2v) is 8.50. The number of carbonyl (C=O) groups excluding carboxylic acids is 1. The zero-order valence-electron chi connectivity index (χ0n) is 18.2. The molecule has 1 saturated carbocycles. The third-order valence-corrected chi connectivity index (χ3v) is 6.28. The molecule has 0 spiro atoms. The van der Waals surface area contributed by atoms with Gasteiger partial charge in [-0.3, -0.25) is 4.79 Å². The number of rotatable bonds is 5. The molecule has 1 aliphatic carbocycles. The number of hydrogen-bond donors (Lipinski definition) is 1. The van der Waals surface area contributed by atoms with Crippen LogP contribution in [-0.4, -0.2) is 53.0 Å². The van der Waals surface area contributed by atoms with Crippen molar-refractivity contribution in [2.45, 2.75) is 58.4 Å². The molecule has 30 heavy (non-hydrogen) atoms. The van der Waals surface area contributed by atoms with E-state index in [4.69, 9.17) is 4.98 Å². The Morgan fingerprint density at radius 3 is 2.40 bits per heavy atom. The van der Waals surface area contributed by atoms with Crippen LogP contribution in [0.25, 0.3) is 0 Å². The molecule has 6 nitrogen and oxygen atoms in total. The predicted octanol–water partition coefficient (Wildman–Crippen LogP) is 4.05. The molecule has 0 radical (unpaired) electrons. The molecule has 2 aliphatic rings. The van der Waals surface area contributed by atoms with Gasteiger partial charge in [0.2, 0.25) is 5.95 Å². The topological polar surface area (TPSA) is 61.4 Å². The summed E-state index contributed by atoms with van der Waals surface area (Å²) in [5.41, 5.74) is 3.01. The molecule has 1 aliphatic heterocycles.